The average molecular weight is 175 g/mol. The second-order valence-electron chi connectivity index (χ2n) is 0.632. The third-order valence-corrected chi connectivity index (χ3v) is 0.927. The Bertz CT molecular complexity index is 33.9. The van der Waals surface area contributed by atoms with Gasteiger partial charge in [-0.05, 0) is 0 Å². The summed E-state index contributed by atoms with van der Waals surface area (Å²) in [6.07, 6.45) is 3.52. The zero-order valence-corrected chi connectivity index (χ0v) is 5.79. The Balaban J connectivity index is 2.62. The van der Waals surface area contributed by atoms with Crippen LogP contribution in [0.1, 0.15) is 0 Å². The molecule has 1 nitrogen and oxygen atoms in total. The Morgan fingerprint density at radius 3 is 2.40 bits per heavy atom. The topological polar surface area (TPSA) is 26.0 Å². The van der Waals surface area contributed by atoms with E-state index in [0.717, 1.165) is 4.44 Å². The standard InChI is InChI=1S/C3H6N.Sn/c1-2-3-4;/h2-3H,1,4H2;/b3-2+;. The van der Waals surface area contributed by atoms with Crippen LogP contribution in [0.3, 0.4) is 0 Å². The molecule has 27 valence electrons. The van der Waals surface area contributed by atoms with Gasteiger partial charge in [0.05, 0.1) is 0 Å². The van der Waals surface area contributed by atoms with Crippen molar-refractivity contribution in [1.29, 1.82) is 0 Å². The van der Waals surface area contributed by atoms with Gasteiger partial charge in [0, 0.05) is 0 Å². The minimum absolute atomic E-state index is 1.13. The van der Waals surface area contributed by atoms with Crippen LogP contribution in [-0.4, -0.2) is 22.5 Å². The van der Waals surface area contributed by atoms with Gasteiger partial charge in [-0.1, -0.05) is 0 Å². The van der Waals surface area contributed by atoms with Crippen molar-refractivity contribution >= 4 is 22.5 Å². The molecule has 0 aliphatic carbocycles. The van der Waals surface area contributed by atoms with Crippen molar-refractivity contribution < 1.29 is 0 Å². The van der Waals surface area contributed by atoms with E-state index >= 15 is 0 Å². The summed E-state index contributed by atoms with van der Waals surface area (Å²) in [5, 5.41) is 0. The van der Waals surface area contributed by atoms with Crippen LogP contribution in [0.15, 0.2) is 12.3 Å². The molecular formula is C3H6NSn. The number of nitrogens with two attached hydrogens (primary N) is 1. The molecule has 0 fully saturated rings. The van der Waals surface area contributed by atoms with Crippen LogP contribution >= 0.6 is 0 Å². The quantitative estimate of drug-likeness (QED) is 0.559. The van der Waals surface area contributed by atoms with Crippen LogP contribution in [0, 0.1) is 0 Å². The molecule has 0 aromatic heterocycles. The first-order valence-electron chi connectivity index (χ1n) is 1.43. The van der Waals surface area contributed by atoms with E-state index < -0.39 is 0 Å². The molecule has 0 saturated heterocycles. The molecule has 0 saturated carbocycles. The van der Waals surface area contributed by atoms with Gasteiger partial charge in [-0.15, -0.1) is 0 Å². The average Bonchev–Trinajstić information content (AvgIpc) is 1.41. The fourth-order valence-electron chi connectivity index (χ4n) is 0.0680. The SMILES string of the molecule is N/C=C/[CH2][Sn]. The normalized spacial score (nSPS) is 9.80. The van der Waals surface area contributed by atoms with E-state index in [4.69, 9.17) is 5.73 Å². The van der Waals surface area contributed by atoms with Gasteiger partial charge in [-0.3, -0.25) is 0 Å². The van der Waals surface area contributed by atoms with Crippen LogP contribution < -0.4 is 5.73 Å². The third kappa shape index (κ3) is 4.34. The number of hydrogen-bond donors (Lipinski definition) is 1. The molecule has 0 amide bonds. The molecule has 0 heterocycles. The summed E-state index contributed by atoms with van der Waals surface area (Å²) < 4.78 is 1.13. The zero-order chi connectivity index (χ0) is 4.12. The fraction of sp³-hybridized carbons (Fsp3) is 0.333. The minimum atomic E-state index is 1.13. The van der Waals surface area contributed by atoms with Crippen LogP contribution in [0.4, 0.5) is 0 Å². The van der Waals surface area contributed by atoms with Crippen LogP contribution in [0.25, 0.3) is 0 Å². The predicted octanol–water partition coefficient (Wildman–Crippen LogP) is 0.0456. The summed E-state index contributed by atoms with van der Waals surface area (Å²) in [4.78, 5) is 0. The van der Waals surface area contributed by atoms with Crippen molar-refractivity contribution in [2.24, 2.45) is 5.73 Å². The zero-order valence-electron chi connectivity index (χ0n) is 2.94. The third-order valence-electron chi connectivity index (χ3n) is 0.254. The molecule has 0 rings (SSSR count). The maximum absolute atomic E-state index is 4.97. The van der Waals surface area contributed by atoms with Crippen molar-refractivity contribution in [3.8, 4) is 0 Å². The van der Waals surface area contributed by atoms with E-state index in [-0.39, 0.29) is 0 Å². The summed E-state index contributed by atoms with van der Waals surface area (Å²) in [6, 6.07) is 0. The van der Waals surface area contributed by atoms with E-state index in [0.29, 0.717) is 0 Å². The molecule has 0 unspecified atom stereocenters. The second kappa shape index (κ2) is 4.34. The van der Waals surface area contributed by atoms with E-state index in [2.05, 4.69) is 0 Å². The van der Waals surface area contributed by atoms with Gasteiger partial charge >= 0.3 is 45.0 Å². The van der Waals surface area contributed by atoms with Crippen molar-refractivity contribution in [1.82, 2.24) is 0 Å². The van der Waals surface area contributed by atoms with Gasteiger partial charge < -0.3 is 0 Å². The molecule has 0 aliphatic rings. The molecule has 0 atom stereocenters. The molecule has 5 heavy (non-hydrogen) atoms. The Kier molecular flexibility index (Phi) is 4.63. The van der Waals surface area contributed by atoms with E-state index in [1.54, 1.807) is 6.20 Å². The molecule has 0 aromatic carbocycles. The van der Waals surface area contributed by atoms with Crippen molar-refractivity contribution in [3.63, 3.8) is 0 Å². The Hall–Kier alpha value is 0.339. The maximum atomic E-state index is 4.97. The van der Waals surface area contributed by atoms with Gasteiger partial charge in [0.15, 0.2) is 0 Å². The summed E-state index contributed by atoms with van der Waals surface area (Å²) in [7, 11) is 0. The van der Waals surface area contributed by atoms with Gasteiger partial charge in [0.25, 0.3) is 0 Å². The number of rotatable bonds is 1. The Morgan fingerprint density at radius 1 is 1.80 bits per heavy atom. The summed E-state index contributed by atoms with van der Waals surface area (Å²) >= 11 is 1.52. The summed E-state index contributed by atoms with van der Waals surface area (Å²) in [5.74, 6) is 0. The van der Waals surface area contributed by atoms with Crippen LogP contribution in [-0.2, 0) is 0 Å². The van der Waals surface area contributed by atoms with E-state index in [1.165, 1.54) is 22.5 Å². The second-order valence-corrected chi connectivity index (χ2v) is 1.80. The van der Waals surface area contributed by atoms with Gasteiger partial charge in [0.1, 0.15) is 0 Å². The van der Waals surface area contributed by atoms with Crippen molar-refractivity contribution in [2.45, 2.75) is 4.44 Å². The Labute approximate surface area is 45.3 Å². The molecular weight excluding hydrogens is 169 g/mol. The molecule has 2 N–H and O–H groups in total. The Morgan fingerprint density at radius 2 is 2.40 bits per heavy atom. The molecule has 0 bridgehead atoms. The van der Waals surface area contributed by atoms with Gasteiger partial charge in [0.2, 0.25) is 0 Å². The van der Waals surface area contributed by atoms with Gasteiger partial charge in [-0.25, -0.2) is 0 Å². The first-order valence-corrected chi connectivity index (χ1v) is 3.45. The molecule has 2 heteroatoms. The van der Waals surface area contributed by atoms with E-state index in [1.807, 2.05) is 6.08 Å². The predicted molar refractivity (Wildman–Crippen MR) is 23.9 cm³/mol. The van der Waals surface area contributed by atoms with Crippen LogP contribution in [0.2, 0.25) is 4.44 Å². The molecule has 0 aliphatic heterocycles. The summed E-state index contributed by atoms with van der Waals surface area (Å²) in [6.45, 7) is 0. The fourth-order valence-corrected chi connectivity index (χ4v) is 0.456. The number of allylic oxidation sites excluding steroid dienone is 1. The monoisotopic (exact) mass is 176 g/mol. The van der Waals surface area contributed by atoms with Crippen molar-refractivity contribution in [3.05, 3.63) is 12.3 Å². The van der Waals surface area contributed by atoms with Crippen LogP contribution in [0.5, 0.6) is 0 Å². The number of hydrogen-bond acceptors (Lipinski definition) is 1. The molecule has 0 spiro atoms. The first kappa shape index (κ1) is 5.34. The van der Waals surface area contributed by atoms with E-state index in [9.17, 15) is 0 Å². The molecule has 3 radical (unpaired) electrons. The van der Waals surface area contributed by atoms with Gasteiger partial charge in [-0.2, -0.15) is 0 Å². The van der Waals surface area contributed by atoms with Crippen molar-refractivity contribution in [2.75, 3.05) is 0 Å². The molecule has 0 aromatic rings. The first-order chi connectivity index (χ1) is 2.41. The summed E-state index contributed by atoms with van der Waals surface area (Å²) in [5.41, 5.74) is 4.97.